The fourth-order valence-corrected chi connectivity index (χ4v) is 3.58. The Hall–Kier alpha value is -2.05. The van der Waals surface area contributed by atoms with Crippen LogP contribution >= 0.6 is 11.3 Å². The maximum absolute atomic E-state index is 4.89. The Morgan fingerprint density at radius 3 is 2.54 bits per heavy atom. The number of aryl methyl sites for hydroxylation is 1. The SMILES string of the molecule is Cn1ncnc1CN[C@H](c1ccccc1)c1nc(C(C)(C)C)cs1. The number of thiazole rings is 1. The van der Waals surface area contributed by atoms with E-state index < -0.39 is 0 Å². The Kier molecular flexibility index (Phi) is 4.78. The van der Waals surface area contributed by atoms with Gasteiger partial charge in [0.1, 0.15) is 17.2 Å². The Bertz CT molecular complexity index is 785. The first-order valence-electron chi connectivity index (χ1n) is 8.02. The van der Waals surface area contributed by atoms with E-state index in [0.29, 0.717) is 6.54 Å². The van der Waals surface area contributed by atoms with Gasteiger partial charge in [0.25, 0.3) is 0 Å². The molecule has 2 heterocycles. The molecule has 0 bridgehead atoms. The lowest BCUT2D eigenvalue weighted by Crippen LogP contribution is -2.24. The van der Waals surface area contributed by atoms with E-state index in [1.807, 2.05) is 13.1 Å². The maximum Gasteiger partial charge on any atom is 0.140 e. The zero-order valence-corrected chi connectivity index (χ0v) is 15.3. The number of nitrogens with one attached hydrogen (secondary N) is 1. The molecular formula is C18H23N5S. The standard InChI is InChI=1S/C18H23N5S/c1-18(2,3)14-11-24-17(22-14)16(13-8-6-5-7-9-13)19-10-15-20-12-21-23(15)4/h5-9,11-12,16,19H,10H2,1-4H3/t16-/m1/s1. The highest BCUT2D eigenvalue weighted by Gasteiger charge is 2.22. The second kappa shape index (κ2) is 6.83. The second-order valence-corrected chi connectivity index (χ2v) is 7.74. The predicted molar refractivity (Wildman–Crippen MR) is 96.9 cm³/mol. The average Bonchev–Trinajstić information content (AvgIpc) is 3.18. The molecule has 3 rings (SSSR count). The summed E-state index contributed by atoms with van der Waals surface area (Å²) in [5.41, 5.74) is 2.39. The minimum Gasteiger partial charge on any atom is -0.297 e. The predicted octanol–water partition coefficient (Wildman–Crippen LogP) is 3.45. The highest BCUT2D eigenvalue weighted by Crippen LogP contribution is 2.30. The molecule has 0 unspecified atom stereocenters. The smallest absolute Gasteiger partial charge is 0.140 e. The third-order valence-electron chi connectivity index (χ3n) is 3.94. The summed E-state index contributed by atoms with van der Waals surface area (Å²) in [6, 6.07) is 10.5. The fourth-order valence-electron chi connectivity index (χ4n) is 2.43. The molecule has 1 atom stereocenters. The van der Waals surface area contributed by atoms with Crippen LogP contribution in [-0.2, 0) is 19.0 Å². The molecule has 126 valence electrons. The summed E-state index contributed by atoms with van der Waals surface area (Å²) < 4.78 is 1.79. The number of benzene rings is 1. The highest BCUT2D eigenvalue weighted by atomic mass is 32.1. The monoisotopic (exact) mass is 341 g/mol. The van der Waals surface area contributed by atoms with Crippen molar-refractivity contribution in [2.45, 2.75) is 38.8 Å². The summed E-state index contributed by atoms with van der Waals surface area (Å²) in [5.74, 6) is 0.906. The zero-order chi connectivity index (χ0) is 17.2. The van der Waals surface area contributed by atoms with E-state index in [1.54, 1.807) is 22.3 Å². The van der Waals surface area contributed by atoms with Gasteiger partial charge in [-0.3, -0.25) is 10.00 Å². The van der Waals surface area contributed by atoms with E-state index in [2.05, 4.69) is 65.8 Å². The van der Waals surface area contributed by atoms with E-state index in [-0.39, 0.29) is 11.5 Å². The van der Waals surface area contributed by atoms with Gasteiger partial charge in [-0.1, -0.05) is 51.1 Å². The quantitative estimate of drug-likeness (QED) is 0.772. The van der Waals surface area contributed by atoms with Crippen LogP contribution in [-0.4, -0.2) is 19.7 Å². The largest absolute Gasteiger partial charge is 0.297 e. The molecule has 3 aromatic rings. The first-order chi connectivity index (χ1) is 11.4. The van der Waals surface area contributed by atoms with Crippen LogP contribution in [0.4, 0.5) is 0 Å². The van der Waals surface area contributed by atoms with Gasteiger partial charge in [0.2, 0.25) is 0 Å². The first kappa shape index (κ1) is 16.8. The summed E-state index contributed by atoms with van der Waals surface area (Å²) in [5, 5.41) is 11.0. The van der Waals surface area contributed by atoms with E-state index >= 15 is 0 Å². The number of hydrogen-bond donors (Lipinski definition) is 1. The van der Waals surface area contributed by atoms with Gasteiger partial charge >= 0.3 is 0 Å². The Morgan fingerprint density at radius 2 is 1.96 bits per heavy atom. The van der Waals surface area contributed by atoms with Crippen molar-refractivity contribution in [2.24, 2.45) is 7.05 Å². The normalized spacial score (nSPS) is 13.2. The molecule has 1 N–H and O–H groups in total. The molecule has 0 saturated carbocycles. The number of aromatic nitrogens is 4. The van der Waals surface area contributed by atoms with Gasteiger partial charge in [0.15, 0.2) is 0 Å². The molecular weight excluding hydrogens is 318 g/mol. The van der Waals surface area contributed by atoms with Crippen LogP contribution in [0.15, 0.2) is 42.0 Å². The van der Waals surface area contributed by atoms with Crippen molar-refractivity contribution < 1.29 is 0 Å². The third kappa shape index (κ3) is 3.71. The van der Waals surface area contributed by atoms with Gasteiger partial charge in [-0.2, -0.15) is 5.10 Å². The van der Waals surface area contributed by atoms with Crippen LogP contribution in [0.3, 0.4) is 0 Å². The zero-order valence-electron chi connectivity index (χ0n) is 14.5. The number of hydrogen-bond acceptors (Lipinski definition) is 5. The summed E-state index contributed by atoms with van der Waals surface area (Å²) >= 11 is 1.70. The van der Waals surface area contributed by atoms with Gasteiger partial charge in [-0.05, 0) is 5.56 Å². The van der Waals surface area contributed by atoms with Crippen LogP contribution in [0, 0.1) is 0 Å². The Labute approximate surface area is 146 Å². The lowest BCUT2D eigenvalue weighted by atomic mass is 9.93. The Balaban J connectivity index is 1.88. The lowest BCUT2D eigenvalue weighted by molar-refractivity contribution is 0.544. The molecule has 0 aliphatic carbocycles. The Morgan fingerprint density at radius 1 is 1.21 bits per heavy atom. The van der Waals surface area contributed by atoms with Gasteiger partial charge in [-0.25, -0.2) is 9.97 Å². The molecule has 0 aliphatic heterocycles. The molecule has 0 aliphatic rings. The van der Waals surface area contributed by atoms with E-state index in [9.17, 15) is 0 Å². The van der Waals surface area contributed by atoms with Crippen LogP contribution in [0.2, 0.25) is 0 Å². The minimum absolute atomic E-state index is 0.0454. The van der Waals surface area contributed by atoms with Gasteiger partial charge in [0.05, 0.1) is 18.3 Å². The molecule has 0 saturated heterocycles. The first-order valence-corrected chi connectivity index (χ1v) is 8.90. The molecule has 2 aromatic heterocycles. The van der Waals surface area contributed by atoms with Crippen molar-refractivity contribution in [3.05, 3.63) is 64.1 Å². The topological polar surface area (TPSA) is 55.6 Å². The second-order valence-electron chi connectivity index (χ2n) is 6.85. The molecule has 5 nitrogen and oxygen atoms in total. The summed E-state index contributed by atoms with van der Waals surface area (Å²) in [4.78, 5) is 9.19. The van der Waals surface area contributed by atoms with Crippen LogP contribution < -0.4 is 5.32 Å². The third-order valence-corrected chi connectivity index (χ3v) is 4.85. The van der Waals surface area contributed by atoms with Gasteiger partial charge in [0, 0.05) is 17.8 Å². The van der Waals surface area contributed by atoms with Crippen molar-refractivity contribution in [1.82, 2.24) is 25.1 Å². The van der Waals surface area contributed by atoms with Crippen molar-refractivity contribution >= 4 is 11.3 Å². The summed E-state index contributed by atoms with van der Waals surface area (Å²) in [6.45, 7) is 7.21. The number of nitrogens with zero attached hydrogens (tertiary/aromatic N) is 4. The van der Waals surface area contributed by atoms with Gasteiger partial charge in [-0.15, -0.1) is 11.3 Å². The summed E-state index contributed by atoms with van der Waals surface area (Å²) in [6.07, 6.45) is 1.58. The van der Waals surface area contributed by atoms with E-state index in [4.69, 9.17) is 4.98 Å². The molecule has 6 heteroatoms. The van der Waals surface area contributed by atoms with Crippen molar-refractivity contribution in [3.8, 4) is 0 Å². The van der Waals surface area contributed by atoms with Crippen LogP contribution in [0.1, 0.15) is 48.9 Å². The van der Waals surface area contributed by atoms with Crippen molar-refractivity contribution in [1.29, 1.82) is 0 Å². The molecule has 0 spiro atoms. The van der Waals surface area contributed by atoms with Crippen molar-refractivity contribution in [3.63, 3.8) is 0 Å². The molecule has 0 radical (unpaired) electrons. The fraction of sp³-hybridized carbons (Fsp3) is 0.389. The number of rotatable bonds is 5. The van der Waals surface area contributed by atoms with E-state index in [0.717, 1.165) is 16.5 Å². The molecule has 0 fully saturated rings. The molecule has 24 heavy (non-hydrogen) atoms. The lowest BCUT2D eigenvalue weighted by Gasteiger charge is -2.18. The minimum atomic E-state index is 0.0454. The average molecular weight is 341 g/mol. The van der Waals surface area contributed by atoms with Crippen LogP contribution in [0.25, 0.3) is 0 Å². The summed E-state index contributed by atoms with van der Waals surface area (Å²) in [7, 11) is 1.91. The molecule has 0 amide bonds. The van der Waals surface area contributed by atoms with Crippen molar-refractivity contribution in [2.75, 3.05) is 0 Å². The maximum atomic E-state index is 4.89. The highest BCUT2D eigenvalue weighted by molar-refractivity contribution is 7.09. The van der Waals surface area contributed by atoms with E-state index in [1.165, 1.54) is 5.56 Å². The van der Waals surface area contributed by atoms with Gasteiger partial charge < -0.3 is 0 Å². The molecule has 1 aromatic carbocycles. The van der Waals surface area contributed by atoms with Crippen LogP contribution in [0.5, 0.6) is 0 Å².